The highest BCUT2D eigenvalue weighted by molar-refractivity contribution is 5.81. The quantitative estimate of drug-likeness (QED) is 0.802. The minimum Gasteiger partial charge on any atom is -0.353 e. The number of rotatable bonds is 3. The van der Waals surface area contributed by atoms with Crippen molar-refractivity contribution >= 4 is 11.8 Å². The van der Waals surface area contributed by atoms with E-state index in [0.29, 0.717) is 12.3 Å². The van der Waals surface area contributed by atoms with Crippen molar-refractivity contribution < 1.29 is 9.59 Å². The average Bonchev–Trinajstić information content (AvgIpc) is 2.33. The molecule has 0 aromatic carbocycles. The van der Waals surface area contributed by atoms with E-state index in [9.17, 15) is 9.59 Å². The Morgan fingerprint density at radius 2 is 1.80 bits per heavy atom. The predicted molar refractivity (Wildman–Crippen MR) is 78.2 cm³/mol. The molecule has 114 valence electrons. The van der Waals surface area contributed by atoms with Crippen molar-refractivity contribution in [1.82, 2.24) is 15.5 Å². The first-order valence-electron chi connectivity index (χ1n) is 7.65. The first kappa shape index (κ1) is 15.3. The van der Waals surface area contributed by atoms with Gasteiger partial charge in [-0.05, 0) is 31.8 Å². The van der Waals surface area contributed by atoms with Crippen LogP contribution in [0.2, 0.25) is 0 Å². The zero-order valence-corrected chi connectivity index (χ0v) is 12.9. The van der Waals surface area contributed by atoms with E-state index in [0.717, 1.165) is 39.0 Å². The summed E-state index contributed by atoms with van der Waals surface area (Å²) in [6.45, 7) is 9.30. The van der Waals surface area contributed by atoms with Crippen LogP contribution in [-0.4, -0.2) is 48.9 Å². The van der Waals surface area contributed by atoms with Gasteiger partial charge >= 0.3 is 0 Å². The highest BCUT2D eigenvalue weighted by Gasteiger charge is 2.31. The van der Waals surface area contributed by atoms with Gasteiger partial charge in [0.15, 0.2) is 0 Å². The van der Waals surface area contributed by atoms with E-state index in [1.54, 1.807) is 0 Å². The average molecular weight is 281 g/mol. The van der Waals surface area contributed by atoms with Gasteiger partial charge in [0.1, 0.15) is 0 Å². The Morgan fingerprint density at radius 1 is 1.20 bits per heavy atom. The molecule has 2 N–H and O–H groups in total. The molecule has 2 fully saturated rings. The van der Waals surface area contributed by atoms with Crippen LogP contribution in [0.15, 0.2) is 0 Å². The number of amides is 2. The van der Waals surface area contributed by atoms with Crippen LogP contribution in [0.25, 0.3) is 0 Å². The van der Waals surface area contributed by atoms with E-state index in [2.05, 4.69) is 10.6 Å². The number of hydrogen-bond acceptors (Lipinski definition) is 3. The van der Waals surface area contributed by atoms with E-state index in [1.807, 2.05) is 25.7 Å². The van der Waals surface area contributed by atoms with E-state index < -0.39 is 0 Å². The molecule has 2 heterocycles. The van der Waals surface area contributed by atoms with Gasteiger partial charge < -0.3 is 15.5 Å². The largest absolute Gasteiger partial charge is 0.353 e. The second-order valence-electron chi connectivity index (χ2n) is 7.11. The van der Waals surface area contributed by atoms with E-state index in [1.165, 1.54) is 0 Å². The number of likely N-dealkylation sites (tertiary alicyclic amines) is 1. The lowest BCUT2D eigenvalue weighted by molar-refractivity contribution is -0.140. The zero-order chi connectivity index (χ0) is 14.8. The highest BCUT2D eigenvalue weighted by Crippen LogP contribution is 2.21. The molecule has 0 spiro atoms. The molecule has 0 atom stereocenters. The summed E-state index contributed by atoms with van der Waals surface area (Å²) in [5.74, 6) is 0.887. The van der Waals surface area contributed by atoms with Crippen molar-refractivity contribution in [2.45, 2.75) is 46.1 Å². The lowest BCUT2D eigenvalue weighted by Gasteiger charge is -2.36. The fraction of sp³-hybridized carbons (Fsp3) is 0.867. The second-order valence-corrected chi connectivity index (χ2v) is 7.11. The van der Waals surface area contributed by atoms with E-state index in [-0.39, 0.29) is 23.3 Å². The minimum absolute atomic E-state index is 0.164. The van der Waals surface area contributed by atoms with Crippen LogP contribution in [0.1, 0.15) is 40.0 Å². The normalized spacial score (nSPS) is 21.4. The van der Waals surface area contributed by atoms with Crippen molar-refractivity contribution in [3.8, 4) is 0 Å². The van der Waals surface area contributed by atoms with Crippen LogP contribution in [0.4, 0.5) is 0 Å². The summed E-state index contributed by atoms with van der Waals surface area (Å²) >= 11 is 0. The molecule has 0 aromatic heterocycles. The van der Waals surface area contributed by atoms with Crippen molar-refractivity contribution in [2.24, 2.45) is 11.3 Å². The smallest absolute Gasteiger partial charge is 0.227 e. The number of nitrogens with one attached hydrogen (secondary N) is 2. The molecule has 0 bridgehead atoms. The molecule has 0 saturated carbocycles. The molecular formula is C15H27N3O2. The molecule has 20 heavy (non-hydrogen) atoms. The Labute approximate surface area is 121 Å². The fourth-order valence-electron chi connectivity index (χ4n) is 2.74. The molecule has 0 aliphatic carbocycles. The van der Waals surface area contributed by atoms with Crippen LogP contribution >= 0.6 is 0 Å². The molecule has 2 aliphatic heterocycles. The number of piperidine rings is 1. The first-order chi connectivity index (χ1) is 9.36. The summed E-state index contributed by atoms with van der Waals surface area (Å²) in [7, 11) is 0. The van der Waals surface area contributed by atoms with Gasteiger partial charge in [-0.3, -0.25) is 9.59 Å². The van der Waals surface area contributed by atoms with E-state index in [4.69, 9.17) is 0 Å². The molecule has 2 amide bonds. The summed E-state index contributed by atoms with van der Waals surface area (Å²) in [6.07, 6.45) is 2.38. The van der Waals surface area contributed by atoms with E-state index >= 15 is 0 Å². The predicted octanol–water partition coefficient (Wildman–Crippen LogP) is 0.749. The van der Waals surface area contributed by atoms with Gasteiger partial charge in [0, 0.05) is 31.0 Å². The molecule has 0 radical (unpaired) electrons. The maximum Gasteiger partial charge on any atom is 0.227 e. The molecule has 2 rings (SSSR count). The second kappa shape index (κ2) is 6.12. The van der Waals surface area contributed by atoms with Crippen LogP contribution in [0.5, 0.6) is 0 Å². The Hall–Kier alpha value is -1.10. The lowest BCUT2D eigenvalue weighted by atomic mass is 9.92. The zero-order valence-electron chi connectivity index (χ0n) is 12.9. The number of carbonyl (C=O) groups is 2. The number of carbonyl (C=O) groups excluding carboxylic acids is 2. The molecule has 0 unspecified atom stereocenters. The third-order valence-corrected chi connectivity index (χ3v) is 4.13. The summed E-state index contributed by atoms with van der Waals surface area (Å²) in [6, 6.07) is 0.236. The molecular weight excluding hydrogens is 254 g/mol. The van der Waals surface area contributed by atoms with Crippen molar-refractivity contribution in [3.63, 3.8) is 0 Å². The topological polar surface area (TPSA) is 61.4 Å². The maximum atomic E-state index is 12.2. The summed E-state index contributed by atoms with van der Waals surface area (Å²) in [5, 5.41) is 6.29. The summed E-state index contributed by atoms with van der Waals surface area (Å²) in [5.41, 5.74) is -0.312. The molecule has 5 heteroatoms. The Morgan fingerprint density at radius 3 is 2.25 bits per heavy atom. The van der Waals surface area contributed by atoms with Crippen molar-refractivity contribution in [3.05, 3.63) is 0 Å². The van der Waals surface area contributed by atoms with Crippen LogP contribution in [0.3, 0.4) is 0 Å². The lowest BCUT2D eigenvalue weighted by Crippen LogP contribution is -2.50. The van der Waals surface area contributed by atoms with Gasteiger partial charge in [0.2, 0.25) is 11.8 Å². The number of nitrogens with zero attached hydrogens (tertiary/aromatic N) is 1. The Bertz CT molecular complexity index is 364. The maximum absolute atomic E-state index is 12.2. The van der Waals surface area contributed by atoms with Gasteiger partial charge in [0.05, 0.1) is 0 Å². The molecule has 2 saturated heterocycles. The summed E-state index contributed by atoms with van der Waals surface area (Å²) in [4.78, 5) is 26.0. The van der Waals surface area contributed by atoms with Gasteiger partial charge in [-0.2, -0.15) is 0 Å². The first-order valence-corrected chi connectivity index (χ1v) is 7.65. The van der Waals surface area contributed by atoms with Crippen LogP contribution in [0, 0.1) is 11.3 Å². The molecule has 0 aromatic rings. The van der Waals surface area contributed by atoms with Gasteiger partial charge in [0.25, 0.3) is 0 Å². The van der Waals surface area contributed by atoms with Crippen molar-refractivity contribution in [1.29, 1.82) is 0 Å². The molecule has 2 aliphatic rings. The third-order valence-electron chi connectivity index (χ3n) is 4.13. The minimum atomic E-state index is -0.312. The van der Waals surface area contributed by atoms with Gasteiger partial charge in [-0.1, -0.05) is 20.8 Å². The highest BCUT2D eigenvalue weighted by atomic mass is 16.2. The summed E-state index contributed by atoms with van der Waals surface area (Å²) < 4.78 is 0. The van der Waals surface area contributed by atoms with Crippen LogP contribution < -0.4 is 10.6 Å². The van der Waals surface area contributed by atoms with Gasteiger partial charge in [-0.25, -0.2) is 0 Å². The third kappa shape index (κ3) is 3.95. The van der Waals surface area contributed by atoms with Crippen LogP contribution in [-0.2, 0) is 9.59 Å². The molecule has 5 nitrogen and oxygen atoms in total. The fourth-order valence-corrected chi connectivity index (χ4v) is 2.74. The van der Waals surface area contributed by atoms with Crippen molar-refractivity contribution in [2.75, 3.05) is 26.2 Å². The standard InChI is InChI=1S/C15H27N3O2/c1-15(2,3)14(20)18-6-4-12(5-7-18)17-13(19)8-11-9-16-10-11/h11-12,16H,4-10H2,1-3H3,(H,17,19). The Balaban J connectivity index is 1.71. The monoisotopic (exact) mass is 281 g/mol. The SMILES string of the molecule is CC(C)(C)C(=O)N1CCC(NC(=O)CC2CNC2)CC1. The Kier molecular flexibility index (Phi) is 4.68. The number of hydrogen-bond donors (Lipinski definition) is 2. The van der Waals surface area contributed by atoms with Gasteiger partial charge in [-0.15, -0.1) is 0 Å².